The lowest BCUT2D eigenvalue weighted by molar-refractivity contribution is -0.0191. The first-order chi connectivity index (χ1) is 9.86. The fourth-order valence-corrected chi connectivity index (χ4v) is 2.66. The van der Waals surface area contributed by atoms with Crippen LogP contribution in [-0.4, -0.2) is 48.8 Å². The highest BCUT2D eigenvalue weighted by Gasteiger charge is 2.19. The van der Waals surface area contributed by atoms with Crippen molar-refractivity contribution in [2.75, 3.05) is 38.1 Å². The van der Waals surface area contributed by atoms with Gasteiger partial charge in [0.2, 0.25) is 0 Å². The molecular weight excluding hydrogens is 250 g/mol. The molecule has 0 bridgehead atoms. The van der Waals surface area contributed by atoms with Crippen LogP contribution in [0.15, 0.2) is 36.5 Å². The van der Waals surface area contributed by atoms with Crippen LogP contribution in [0, 0.1) is 0 Å². The molecule has 4 nitrogen and oxygen atoms in total. The van der Waals surface area contributed by atoms with E-state index in [0.29, 0.717) is 0 Å². The van der Waals surface area contributed by atoms with Gasteiger partial charge in [0, 0.05) is 36.9 Å². The standard InChI is InChI=1S/C16H21N3O/c1-2-19-9-10-20-13(12-19)11-18-16-7-8-17-15-6-4-3-5-14(15)16/h3-8,13H,2,9-12H2,1H3,(H,17,18). The van der Waals surface area contributed by atoms with Crippen molar-refractivity contribution in [3.63, 3.8) is 0 Å². The molecule has 1 aliphatic rings. The maximum atomic E-state index is 5.82. The van der Waals surface area contributed by atoms with Gasteiger partial charge in [-0.25, -0.2) is 0 Å². The van der Waals surface area contributed by atoms with Crippen LogP contribution in [0.3, 0.4) is 0 Å². The fraction of sp³-hybridized carbons (Fsp3) is 0.438. The van der Waals surface area contributed by atoms with Crippen LogP contribution >= 0.6 is 0 Å². The van der Waals surface area contributed by atoms with Crippen LogP contribution in [0.25, 0.3) is 10.9 Å². The smallest absolute Gasteiger partial charge is 0.0874 e. The summed E-state index contributed by atoms with van der Waals surface area (Å²) in [4.78, 5) is 6.81. The second-order valence-corrected chi connectivity index (χ2v) is 5.14. The Labute approximate surface area is 119 Å². The zero-order chi connectivity index (χ0) is 13.8. The highest BCUT2D eigenvalue weighted by atomic mass is 16.5. The van der Waals surface area contributed by atoms with Crippen LogP contribution in [0.2, 0.25) is 0 Å². The summed E-state index contributed by atoms with van der Waals surface area (Å²) >= 11 is 0. The molecule has 1 saturated heterocycles. The minimum absolute atomic E-state index is 0.260. The van der Waals surface area contributed by atoms with Gasteiger partial charge in [0.05, 0.1) is 18.2 Å². The number of benzene rings is 1. The Hall–Kier alpha value is -1.65. The number of ether oxygens (including phenoxy) is 1. The number of nitrogens with zero attached hydrogens (tertiary/aromatic N) is 2. The second kappa shape index (κ2) is 6.20. The Morgan fingerprint density at radius 3 is 3.15 bits per heavy atom. The third-order valence-corrected chi connectivity index (χ3v) is 3.84. The van der Waals surface area contributed by atoms with Crippen molar-refractivity contribution in [2.45, 2.75) is 13.0 Å². The minimum Gasteiger partial charge on any atom is -0.382 e. The Balaban J connectivity index is 1.68. The molecule has 1 aromatic heterocycles. The Bertz CT molecular complexity index is 567. The van der Waals surface area contributed by atoms with Gasteiger partial charge < -0.3 is 10.1 Å². The highest BCUT2D eigenvalue weighted by molar-refractivity contribution is 5.90. The molecule has 0 radical (unpaired) electrons. The number of morpholine rings is 1. The van der Waals surface area contributed by atoms with E-state index in [1.165, 1.54) is 0 Å². The molecule has 1 fully saturated rings. The van der Waals surface area contributed by atoms with Crippen LogP contribution in [0.5, 0.6) is 0 Å². The maximum absolute atomic E-state index is 5.82. The van der Waals surface area contributed by atoms with E-state index in [-0.39, 0.29) is 6.10 Å². The van der Waals surface area contributed by atoms with E-state index in [1.807, 2.05) is 30.5 Å². The van der Waals surface area contributed by atoms with E-state index in [1.54, 1.807) is 0 Å². The lowest BCUT2D eigenvalue weighted by atomic mass is 10.2. The van der Waals surface area contributed by atoms with E-state index >= 15 is 0 Å². The van der Waals surface area contributed by atoms with Crippen molar-refractivity contribution in [2.24, 2.45) is 0 Å². The normalized spacial score (nSPS) is 20.1. The summed E-state index contributed by atoms with van der Waals surface area (Å²) in [5.74, 6) is 0. The molecule has 2 aromatic rings. The molecule has 0 aliphatic carbocycles. The van der Waals surface area contributed by atoms with E-state index in [2.05, 4.69) is 28.2 Å². The predicted octanol–water partition coefficient (Wildman–Crippen LogP) is 2.37. The van der Waals surface area contributed by atoms with Gasteiger partial charge in [-0.2, -0.15) is 0 Å². The molecule has 1 aromatic carbocycles. The molecule has 1 N–H and O–H groups in total. The summed E-state index contributed by atoms with van der Waals surface area (Å²) in [6, 6.07) is 10.2. The number of para-hydroxylation sites is 1. The molecule has 106 valence electrons. The average Bonchev–Trinajstić information content (AvgIpc) is 2.53. The van der Waals surface area contributed by atoms with E-state index in [9.17, 15) is 0 Å². The maximum Gasteiger partial charge on any atom is 0.0874 e. The van der Waals surface area contributed by atoms with E-state index < -0.39 is 0 Å². The average molecular weight is 271 g/mol. The third-order valence-electron chi connectivity index (χ3n) is 3.84. The van der Waals surface area contributed by atoms with Gasteiger partial charge in [0.1, 0.15) is 0 Å². The first-order valence-electron chi connectivity index (χ1n) is 7.28. The summed E-state index contributed by atoms with van der Waals surface area (Å²) in [7, 11) is 0. The molecule has 1 unspecified atom stereocenters. The van der Waals surface area contributed by atoms with Crippen LogP contribution in [-0.2, 0) is 4.74 Å². The summed E-state index contributed by atoms with van der Waals surface area (Å²) in [5, 5.41) is 4.68. The van der Waals surface area contributed by atoms with Crippen molar-refractivity contribution < 1.29 is 4.74 Å². The van der Waals surface area contributed by atoms with Crippen LogP contribution in [0.4, 0.5) is 5.69 Å². The summed E-state index contributed by atoms with van der Waals surface area (Å²) in [6.07, 6.45) is 2.11. The minimum atomic E-state index is 0.260. The highest BCUT2D eigenvalue weighted by Crippen LogP contribution is 2.21. The molecule has 0 spiro atoms. The number of pyridine rings is 1. The lowest BCUT2D eigenvalue weighted by Gasteiger charge is -2.32. The Kier molecular flexibility index (Phi) is 4.14. The molecule has 1 aliphatic heterocycles. The van der Waals surface area contributed by atoms with Crippen LogP contribution in [0.1, 0.15) is 6.92 Å². The molecule has 20 heavy (non-hydrogen) atoms. The molecule has 1 atom stereocenters. The summed E-state index contributed by atoms with van der Waals surface area (Å²) in [6.45, 7) is 7.02. The van der Waals surface area contributed by atoms with E-state index in [0.717, 1.165) is 49.4 Å². The Morgan fingerprint density at radius 1 is 1.35 bits per heavy atom. The number of likely N-dealkylation sites (N-methyl/N-ethyl adjacent to an activating group) is 1. The van der Waals surface area contributed by atoms with Crippen LogP contribution < -0.4 is 5.32 Å². The number of rotatable bonds is 4. The largest absolute Gasteiger partial charge is 0.382 e. The van der Waals surface area contributed by atoms with Crippen molar-refractivity contribution in [3.05, 3.63) is 36.5 Å². The molecular formula is C16H21N3O. The van der Waals surface area contributed by atoms with Crippen molar-refractivity contribution in [3.8, 4) is 0 Å². The monoisotopic (exact) mass is 271 g/mol. The second-order valence-electron chi connectivity index (χ2n) is 5.14. The van der Waals surface area contributed by atoms with Gasteiger partial charge in [-0.3, -0.25) is 9.88 Å². The molecule has 2 heterocycles. The molecule has 0 amide bonds. The fourth-order valence-electron chi connectivity index (χ4n) is 2.66. The SMILES string of the molecule is CCN1CCOC(CNc2ccnc3ccccc23)C1. The van der Waals surface area contributed by atoms with Gasteiger partial charge >= 0.3 is 0 Å². The molecule has 3 rings (SSSR count). The van der Waals surface area contributed by atoms with Crippen molar-refractivity contribution >= 4 is 16.6 Å². The third kappa shape index (κ3) is 2.92. The lowest BCUT2D eigenvalue weighted by Crippen LogP contribution is -2.45. The zero-order valence-electron chi connectivity index (χ0n) is 11.9. The quantitative estimate of drug-likeness (QED) is 0.926. The van der Waals surface area contributed by atoms with Gasteiger partial charge in [-0.05, 0) is 18.7 Å². The number of anilines is 1. The zero-order valence-corrected chi connectivity index (χ0v) is 11.9. The molecule has 0 saturated carbocycles. The first-order valence-corrected chi connectivity index (χ1v) is 7.28. The number of hydrogen-bond donors (Lipinski definition) is 1. The van der Waals surface area contributed by atoms with Gasteiger partial charge in [0.25, 0.3) is 0 Å². The van der Waals surface area contributed by atoms with Gasteiger partial charge in [-0.1, -0.05) is 25.1 Å². The van der Waals surface area contributed by atoms with E-state index in [4.69, 9.17) is 4.74 Å². The number of hydrogen-bond acceptors (Lipinski definition) is 4. The topological polar surface area (TPSA) is 37.4 Å². The summed E-state index contributed by atoms with van der Waals surface area (Å²) < 4.78 is 5.82. The Morgan fingerprint density at radius 2 is 2.25 bits per heavy atom. The van der Waals surface area contributed by atoms with Crippen molar-refractivity contribution in [1.29, 1.82) is 0 Å². The number of fused-ring (bicyclic) bond motifs is 1. The number of aromatic nitrogens is 1. The summed E-state index contributed by atoms with van der Waals surface area (Å²) in [5.41, 5.74) is 2.16. The van der Waals surface area contributed by atoms with Gasteiger partial charge in [0.15, 0.2) is 0 Å². The predicted molar refractivity (Wildman–Crippen MR) is 82.1 cm³/mol. The number of nitrogens with one attached hydrogen (secondary N) is 1. The van der Waals surface area contributed by atoms with Gasteiger partial charge in [-0.15, -0.1) is 0 Å². The molecule has 4 heteroatoms. The van der Waals surface area contributed by atoms with Crippen molar-refractivity contribution in [1.82, 2.24) is 9.88 Å². The first kappa shape index (κ1) is 13.3.